The number of anilines is 1. The van der Waals surface area contributed by atoms with E-state index in [-0.39, 0.29) is 5.91 Å². The van der Waals surface area contributed by atoms with Gasteiger partial charge in [0.2, 0.25) is 5.91 Å². The quantitative estimate of drug-likeness (QED) is 0.783. The average molecular weight is 322 g/mol. The Morgan fingerprint density at radius 3 is 3.00 bits per heavy atom. The molecule has 0 aliphatic heterocycles. The summed E-state index contributed by atoms with van der Waals surface area (Å²) < 4.78 is 7.12. The topological polar surface area (TPSA) is 68.5 Å². The van der Waals surface area contributed by atoms with E-state index in [2.05, 4.69) is 15.3 Å². The predicted molar refractivity (Wildman–Crippen MR) is 90.9 cm³/mol. The molecule has 0 spiro atoms. The van der Waals surface area contributed by atoms with Crippen LogP contribution in [-0.2, 0) is 4.79 Å². The number of hydrogen-bond donors (Lipinski definition) is 1. The van der Waals surface area contributed by atoms with Gasteiger partial charge in [0.1, 0.15) is 11.6 Å². The molecule has 3 aromatic rings. The number of nitrogens with zero attached hydrogens (tertiary/aromatic N) is 3. The van der Waals surface area contributed by atoms with Gasteiger partial charge in [-0.2, -0.15) is 0 Å². The van der Waals surface area contributed by atoms with E-state index in [1.165, 1.54) is 0 Å². The number of methoxy groups -OCH3 is 1. The highest BCUT2D eigenvalue weighted by Crippen LogP contribution is 2.32. The van der Waals surface area contributed by atoms with Crippen molar-refractivity contribution in [1.29, 1.82) is 0 Å². The van der Waals surface area contributed by atoms with Gasteiger partial charge in [-0.3, -0.25) is 14.2 Å². The molecule has 1 aliphatic carbocycles. The van der Waals surface area contributed by atoms with Crippen LogP contribution >= 0.6 is 0 Å². The van der Waals surface area contributed by atoms with Crippen molar-refractivity contribution in [3.8, 4) is 17.0 Å². The van der Waals surface area contributed by atoms with Crippen molar-refractivity contribution in [2.75, 3.05) is 12.4 Å². The van der Waals surface area contributed by atoms with Gasteiger partial charge in [0, 0.05) is 18.2 Å². The first-order valence-corrected chi connectivity index (χ1v) is 8.00. The van der Waals surface area contributed by atoms with Crippen molar-refractivity contribution < 1.29 is 9.53 Å². The van der Waals surface area contributed by atoms with E-state index in [1.807, 2.05) is 34.9 Å². The van der Waals surface area contributed by atoms with Crippen LogP contribution in [0.1, 0.15) is 19.3 Å². The molecule has 6 nitrogen and oxygen atoms in total. The fraction of sp³-hybridized carbons (Fsp3) is 0.278. The number of amides is 1. The molecule has 0 radical (unpaired) electrons. The Labute approximate surface area is 139 Å². The van der Waals surface area contributed by atoms with Gasteiger partial charge in [0.05, 0.1) is 25.2 Å². The number of aromatic nitrogens is 3. The zero-order valence-corrected chi connectivity index (χ0v) is 13.4. The summed E-state index contributed by atoms with van der Waals surface area (Å²) in [6.07, 6.45) is 8.14. The van der Waals surface area contributed by atoms with Crippen LogP contribution in [0.25, 0.3) is 16.9 Å². The normalized spacial score (nSPS) is 13.9. The van der Waals surface area contributed by atoms with Gasteiger partial charge >= 0.3 is 0 Å². The van der Waals surface area contributed by atoms with Gasteiger partial charge in [-0.15, -0.1) is 0 Å². The summed E-state index contributed by atoms with van der Waals surface area (Å²) in [6.45, 7) is 0. The third-order valence-corrected chi connectivity index (χ3v) is 4.20. The summed E-state index contributed by atoms with van der Waals surface area (Å²) in [5.74, 6) is 2.04. The van der Waals surface area contributed by atoms with Crippen molar-refractivity contribution in [3.63, 3.8) is 0 Å². The van der Waals surface area contributed by atoms with Crippen LogP contribution in [0.15, 0.2) is 42.9 Å². The average Bonchev–Trinajstić information content (AvgIpc) is 3.34. The maximum atomic E-state index is 12.1. The Balaban J connectivity index is 1.65. The Hall–Kier alpha value is -2.89. The van der Waals surface area contributed by atoms with Crippen molar-refractivity contribution in [3.05, 3.63) is 42.9 Å². The van der Waals surface area contributed by atoms with Gasteiger partial charge in [-0.1, -0.05) is 12.1 Å². The number of benzene rings is 1. The Morgan fingerprint density at radius 2 is 2.21 bits per heavy atom. The fourth-order valence-electron chi connectivity index (χ4n) is 2.69. The van der Waals surface area contributed by atoms with Crippen LogP contribution in [0, 0.1) is 5.92 Å². The molecule has 1 saturated carbocycles. The third-order valence-electron chi connectivity index (χ3n) is 4.20. The second-order valence-electron chi connectivity index (χ2n) is 6.07. The van der Waals surface area contributed by atoms with Crippen LogP contribution in [0.5, 0.6) is 5.75 Å². The minimum atomic E-state index is 0.0408. The van der Waals surface area contributed by atoms with Gasteiger partial charge < -0.3 is 10.1 Å². The minimum absolute atomic E-state index is 0.0408. The SMILES string of the molecule is COc1cccc(-c2cn3c(NC(=O)CC4CC4)cnc3cn2)c1. The highest BCUT2D eigenvalue weighted by molar-refractivity contribution is 5.90. The summed E-state index contributed by atoms with van der Waals surface area (Å²) in [7, 11) is 1.64. The molecule has 24 heavy (non-hydrogen) atoms. The Bertz CT molecular complexity index is 899. The number of imidazole rings is 1. The first-order valence-electron chi connectivity index (χ1n) is 8.00. The first-order chi connectivity index (χ1) is 11.7. The van der Waals surface area contributed by atoms with Crippen LogP contribution in [0.4, 0.5) is 5.82 Å². The van der Waals surface area contributed by atoms with E-state index in [4.69, 9.17) is 4.74 Å². The second kappa shape index (κ2) is 5.96. The van der Waals surface area contributed by atoms with Crippen LogP contribution < -0.4 is 10.1 Å². The standard InChI is InChI=1S/C18H18N4O2/c1-24-14-4-2-3-13(8-14)15-11-22-16(9-19-15)20-10-17(22)21-18(23)7-12-5-6-12/h2-4,8-12H,5-7H2,1H3,(H,21,23). The van der Waals surface area contributed by atoms with Crippen LogP contribution in [0.3, 0.4) is 0 Å². The number of rotatable bonds is 5. The molecular weight excluding hydrogens is 304 g/mol. The number of carbonyl (C=O) groups excluding carboxylic acids is 1. The molecule has 1 aliphatic rings. The number of ether oxygens (including phenoxy) is 1. The largest absolute Gasteiger partial charge is 0.497 e. The van der Waals surface area contributed by atoms with Crippen molar-refractivity contribution in [1.82, 2.24) is 14.4 Å². The molecule has 1 fully saturated rings. The van der Waals surface area contributed by atoms with Crippen LogP contribution in [0.2, 0.25) is 0 Å². The number of carbonyl (C=O) groups is 1. The Morgan fingerprint density at radius 1 is 1.33 bits per heavy atom. The highest BCUT2D eigenvalue weighted by Gasteiger charge is 2.24. The maximum absolute atomic E-state index is 12.1. The number of nitrogens with one attached hydrogen (secondary N) is 1. The van der Waals surface area contributed by atoms with E-state index in [1.54, 1.807) is 19.5 Å². The molecule has 1 N–H and O–H groups in total. The van der Waals surface area contributed by atoms with Gasteiger partial charge in [0.15, 0.2) is 5.65 Å². The summed E-state index contributed by atoms with van der Waals surface area (Å²) in [5, 5.41) is 2.95. The third kappa shape index (κ3) is 2.95. The van der Waals surface area contributed by atoms with Crippen molar-refractivity contribution in [2.45, 2.75) is 19.3 Å². The van der Waals surface area contributed by atoms with E-state index >= 15 is 0 Å². The van der Waals surface area contributed by atoms with E-state index in [9.17, 15) is 4.79 Å². The lowest BCUT2D eigenvalue weighted by molar-refractivity contribution is -0.116. The molecule has 1 aromatic carbocycles. The molecule has 122 valence electrons. The van der Waals surface area contributed by atoms with Crippen LogP contribution in [-0.4, -0.2) is 27.4 Å². The zero-order chi connectivity index (χ0) is 16.5. The second-order valence-corrected chi connectivity index (χ2v) is 6.07. The molecular formula is C18H18N4O2. The van der Waals surface area contributed by atoms with Gasteiger partial charge in [0.25, 0.3) is 0 Å². The fourth-order valence-corrected chi connectivity index (χ4v) is 2.69. The zero-order valence-electron chi connectivity index (χ0n) is 13.4. The molecule has 6 heteroatoms. The number of fused-ring (bicyclic) bond motifs is 1. The van der Waals surface area contributed by atoms with Crippen molar-refractivity contribution in [2.24, 2.45) is 5.92 Å². The monoisotopic (exact) mass is 322 g/mol. The molecule has 4 rings (SSSR count). The summed E-state index contributed by atoms with van der Waals surface area (Å²) >= 11 is 0. The Kier molecular flexibility index (Phi) is 3.65. The summed E-state index contributed by atoms with van der Waals surface area (Å²) in [4.78, 5) is 20.8. The highest BCUT2D eigenvalue weighted by atomic mass is 16.5. The molecule has 0 saturated heterocycles. The lowest BCUT2D eigenvalue weighted by atomic mass is 10.1. The minimum Gasteiger partial charge on any atom is -0.497 e. The van der Waals surface area contributed by atoms with Gasteiger partial charge in [-0.25, -0.2) is 4.98 Å². The number of hydrogen-bond acceptors (Lipinski definition) is 4. The predicted octanol–water partition coefficient (Wildman–Crippen LogP) is 3.14. The lowest BCUT2D eigenvalue weighted by Crippen LogP contribution is -2.13. The molecule has 1 amide bonds. The van der Waals surface area contributed by atoms with E-state index < -0.39 is 0 Å². The molecule has 2 heterocycles. The van der Waals surface area contributed by atoms with Crippen molar-refractivity contribution >= 4 is 17.4 Å². The first kappa shape index (κ1) is 14.7. The van der Waals surface area contributed by atoms with E-state index in [0.29, 0.717) is 23.8 Å². The molecule has 0 bridgehead atoms. The van der Waals surface area contributed by atoms with Gasteiger partial charge in [-0.05, 0) is 30.9 Å². The molecule has 2 aromatic heterocycles. The maximum Gasteiger partial charge on any atom is 0.225 e. The molecule has 0 unspecified atom stereocenters. The summed E-state index contributed by atoms with van der Waals surface area (Å²) in [6, 6.07) is 7.71. The lowest BCUT2D eigenvalue weighted by Gasteiger charge is -2.07. The molecule has 0 atom stereocenters. The summed E-state index contributed by atoms with van der Waals surface area (Å²) in [5.41, 5.74) is 2.43. The smallest absolute Gasteiger partial charge is 0.225 e. The van der Waals surface area contributed by atoms with E-state index in [0.717, 1.165) is 29.8 Å².